The first kappa shape index (κ1) is 60.1. The summed E-state index contributed by atoms with van der Waals surface area (Å²) in [6.45, 7) is 14.1. The summed E-state index contributed by atoms with van der Waals surface area (Å²) >= 11 is 4.94. The summed E-state index contributed by atoms with van der Waals surface area (Å²) in [6, 6.07) is 30.9. The third-order valence-electron chi connectivity index (χ3n) is 14.8. The molecule has 1 radical (unpaired) electrons. The first-order valence-corrected chi connectivity index (χ1v) is 28.8. The molecule has 3 N–H and O–H groups in total. The number of rotatable bonds is 19. The first-order valence-electron chi connectivity index (χ1n) is 25.5. The van der Waals surface area contributed by atoms with Gasteiger partial charge in [-0.3, -0.25) is 23.9 Å². The number of benzene rings is 4. The van der Waals surface area contributed by atoms with Crippen LogP contribution >= 0.6 is 35.4 Å². The zero-order chi connectivity index (χ0) is 51.9. The van der Waals surface area contributed by atoms with E-state index in [4.69, 9.17) is 30.0 Å². The van der Waals surface area contributed by atoms with Crippen molar-refractivity contribution in [1.29, 1.82) is 0 Å². The van der Waals surface area contributed by atoms with Crippen LogP contribution in [0.1, 0.15) is 66.4 Å². The van der Waals surface area contributed by atoms with Crippen molar-refractivity contribution in [1.82, 2.24) is 14.7 Å². The Kier molecular flexibility index (Phi) is 23.7. The zero-order valence-electron chi connectivity index (χ0n) is 42.2. The number of carbonyl (C=O) groups is 1. The fraction of sp³-hybridized carbons (Fsp3) is 0.500. The van der Waals surface area contributed by atoms with Gasteiger partial charge in [0.2, 0.25) is 0 Å². The second-order valence-electron chi connectivity index (χ2n) is 19.9. The minimum absolute atomic E-state index is 0. The number of alkyl halides is 3. The molecular weight excluding hydrogens is 1120 g/mol. The van der Waals surface area contributed by atoms with Gasteiger partial charge < -0.3 is 34.6 Å². The number of thioether (sulfide) groups is 1. The van der Waals surface area contributed by atoms with Crippen molar-refractivity contribution in [3.8, 4) is 5.75 Å². The number of piperidine rings is 1. The Morgan fingerprint density at radius 1 is 0.907 bits per heavy atom. The van der Waals surface area contributed by atoms with Crippen molar-refractivity contribution in [3.05, 3.63) is 130 Å². The number of allylic oxidation sites excluding steroid dienone is 1. The van der Waals surface area contributed by atoms with Crippen molar-refractivity contribution in [2.45, 2.75) is 61.4 Å². The molecule has 4 heterocycles. The van der Waals surface area contributed by atoms with Crippen LogP contribution in [0.2, 0.25) is 5.02 Å². The minimum Gasteiger partial charge on any atom is -0.760 e. The molecule has 0 bridgehead atoms. The molecule has 0 saturated carbocycles. The number of nitrogens with two attached hydrogens (primary N) is 1. The van der Waals surface area contributed by atoms with Gasteiger partial charge in [0.15, 0.2) is 23.6 Å². The standard InChI is InChI=1S/C54H65ClF3N6O4S2.H3NO2S.Y/c55-45-11-6-41(7-12-45)49-16-20-53(21-25-63(39-53)36-40-17-22-59-23-18-40)35-44(49)37-62-26-28-64(29-27-62)47-13-8-42(9-14-47)52(65)43-10-15-50(51(34-43)67-68-70-54(56,57)58)60-46(19-24-61-30-32-66-33-31-61)38-69-48-4-2-1-3-5-48;1-4(2)3;/h1-15,34,40,46,60H,16-33,35-39H2;1H2,(H,2,3);/q-1;;/p-1. The summed E-state index contributed by atoms with van der Waals surface area (Å²) in [4.78, 5) is 30.5. The second-order valence-corrected chi connectivity index (χ2v) is 22.7. The van der Waals surface area contributed by atoms with E-state index < -0.39 is 28.8 Å². The smallest absolute Gasteiger partial charge is 0.471 e. The zero-order valence-corrected chi connectivity index (χ0v) is 48.3. The topological polar surface area (TPSA) is 150 Å². The average Bonchev–Trinajstić information content (AvgIpc) is 3.79. The third-order valence-corrected chi connectivity index (χ3v) is 16.5. The molecule has 4 fully saturated rings. The van der Waals surface area contributed by atoms with Crippen LogP contribution in [0.15, 0.2) is 108 Å². The Bertz CT molecular complexity index is 2470. The largest absolute Gasteiger partial charge is 0.760 e. The van der Waals surface area contributed by atoms with Gasteiger partial charge in [-0.1, -0.05) is 60.3 Å². The second kappa shape index (κ2) is 29.6. The SMILES string of the molecule is NS(=O)[O-].O=C(c1ccc(N2CCN(CC3=C(c4ccc(Cl)cc4)CCC4(CCN(CC5CC[N-]CC5)C4)C3)CC2)cc1)c1ccc(NC(CCN2CCOCC2)CSc2ccccc2)c(OOSC(F)(F)F)c1.[Y]. The number of nitrogens with zero attached hydrogens (tertiary/aromatic N) is 5. The molecule has 4 aromatic carbocycles. The van der Waals surface area contributed by atoms with E-state index in [1.54, 1.807) is 29.5 Å². The average molecular weight is 1190 g/mol. The van der Waals surface area contributed by atoms with Gasteiger partial charge in [0, 0.05) is 148 Å². The van der Waals surface area contributed by atoms with Gasteiger partial charge in [0.05, 0.1) is 18.9 Å². The number of ether oxygens (including phenoxy) is 1. The molecule has 1 aliphatic carbocycles. The van der Waals surface area contributed by atoms with Gasteiger partial charge in [0.1, 0.15) is 0 Å². The Morgan fingerprint density at radius 2 is 1.60 bits per heavy atom. The fourth-order valence-corrected chi connectivity index (χ4v) is 12.2. The summed E-state index contributed by atoms with van der Waals surface area (Å²) in [5.74, 6) is 1.19. The van der Waals surface area contributed by atoms with Crippen molar-refractivity contribution >= 4 is 69.4 Å². The maximum atomic E-state index is 14.0. The molecular formula is C54H67ClF3N7O6S3Y-2. The van der Waals surface area contributed by atoms with Crippen LogP contribution < -0.4 is 20.2 Å². The quantitative estimate of drug-likeness (QED) is 0.0229. The first-order chi connectivity index (χ1) is 35.8. The van der Waals surface area contributed by atoms with Crippen LogP contribution in [0.4, 0.5) is 24.5 Å². The number of morpholine rings is 1. The number of hydrogen-bond acceptors (Lipinski definition) is 13. The van der Waals surface area contributed by atoms with Crippen molar-refractivity contribution in [2.75, 3.05) is 114 Å². The maximum Gasteiger partial charge on any atom is 0.471 e. The van der Waals surface area contributed by atoms with Crippen molar-refractivity contribution in [3.63, 3.8) is 0 Å². The molecule has 1 spiro atoms. The van der Waals surface area contributed by atoms with E-state index in [1.807, 2.05) is 54.6 Å². The Labute approximate surface area is 481 Å². The molecule has 13 nitrogen and oxygen atoms in total. The van der Waals surface area contributed by atoms with E-state index in [1.165, 1.54) is 62.5 Å². The fourth-order valence-electron chi connectivity index (χ4n) is 10.9. The summed E-state index contributed by atoms with van der Waals surface area (Å²) < 4.78 is 67.3. The maximum absolute atomic E-state index is 14.0. The Morgan fingerprint density at radius 3 is 2.29 bits per heavy atom. The van der Waals surface area contributed by atoms with Crippen LogP contribution in [-0.4, -0.2) is 145 Å². The van der Waals surface area contributed by atoms with Crippen LogP contribution in [-0.2, 0) is 53.0 Å². The van der Waals surface area contributed by atoms with Gasteiger partial charge in [0.25, 0.3) is 0 Å². The summed E-state index contributed by atoms with van der Waals surface area (Å²) in [7, 11) is 0. The van der Waals surface area contributed by atoms with Crippen LogP contribution in [0.3, 0.4) is 0 Å². The molecule has 4 aromatic rings. The van der Waals surface area contributed by atoms with E-state index in [0.717, 1.165) is 106 Å². The van der Waals surface area contributed by atoms with E-state index in [-0.39, 0.29) is 55.8 Å². The van der Waals surface area contributed by atoms with Crippen LogP contribution in [0.25, 0.3) is 10.9 Å². The van der Waals surface area contributed by atoms with Gasteiger partial charge in [-0.2, -0.15) is 13.2 Å². The number of ketones is 1. The van der Waals surface area contributed by atoms with E-state index >= 15 is 0 Å². The molecule has 4 aliphatic heterocycles. The molecule has 405 valence electrons. The minimum atomic E-state index is -4.68. The third kappa shape index (κ3) is 18.8. The summed E-state index contributed by atoms with van der Waals surface area (Å²) in [5.41, 5.74) is 2.26. The van der Waals surface area contributed by atoms with E-state index in [9.17, 15) is 18.0 Å². The molecule has 21 heteroatoms. The van der Waals surface area contributed by atoms with Crippen LogP contribution in [0.5, 0.6) is 5.75 Å². The predicted octanol–water partition coefficient (Wildman–Crippen LogP) is 10.3. The number of anilines is 2. The molecule has 0 amide bonds. The van der Waals surface area contributed by atoms with E-state index in [2.05, 4.69) is 64.0 Å². The Hall–Kier alpha value is -2.60. The molecule has 3 unspecified atom stereocenters. The monoisotopic (exact) mass is 1190 g/mol. The number of likely N-dealkylation sites (tertiary alicyclic amines) is 1. The van der Waals surface area contributed by atoms with Gasteiger partial charge >= 0.3 is 5.51 Å². The number of carbonyl (C=O) groups excluding carboxylic acids is 1. The van der Waals surface area contributed by atoms with Gasteiger partial charge in [-0.05, 0) is 128 Å². The number of halogens is 4. The Balaban J connectivity index is 0.00000158. The normalized spacial score (nSPS) is 21.0. The van der Waals surface area contributed by atoms with Crippen molar-refractivity contribution < 1.29 is 73.4 Å². The van der Waals surface area contributed by atoms with Crippen molar-refractivity contribution in [2.24, 2.45) is 16.5 Å². The molecule has 3 atom stereocenters. The van der Waals surface area contributed by atoms with Gasteiger partial charge in [-0.25, -0.2) is 0 Å². The van der Waals surface area contributed by atoms with E-state index in [0.29, 0.717) is 35.6 Å². The molecule has 0 aromatic heterocycles. The summed E-state index contributed by atoms with van der Waals surface area (Å²) in [5, 5.41) is 12.9. The molecule has 75 heavy (non-hydrogen) atoms. The number of piperazine rings is 1. The number of nitrogens with one attached hydrogen (secondary N) is 1. The molecule has 4 saturated heterocycles. The molecule has 9 rings (SSSR count). The van der Waals surface area contributed by atoms with Crippen LogP contribution in [0, 0.1) is 11.3 Å². The number of hydrogen-bond donors (Lipinski definition) is 2. The predicted molar refractivity (Wildman–Crippen MR) is 291 cm³/mol. The molecule has 5 aliphatic rings. The van der Waals surface area contributed by atoms with Gasteiger partial charge in [-0.15, -0.1) is 29.2 Å². The summed E-state index contributed by atoms with van der Waals surface area (Å²) in [6.07, 6.45) is 7.98.